The number of carboxylic acid groups (broad SMARTS) is 3. The van der Waals surface area contributed by atoms with Gasteiger partial charge in [-0.3, -0.25) is 14.4 Å². The SMILES string of the molecule is CC(=O)N[C@@H](CS)C(=O)O.CC(=O)N[C@@H](CS)C(=O)O.CC(=O)N[C@@H](CS)C(=O)O. The highest BCUT2D eigenvalue weighted by Crippen LogP contribution is 1.88. The van der Waals surface area contributed by atoms with Crippen LogP contribution in [0.25, 0.3) is 0 Å². The molecule has 0 aliphatic rings. The van der Waals surface area contributed by atoms with E-state index in [1.54, 1.807) is 0 Å². The van der Waals surface area contributed by atoms with E-state index in [-0.39, 0.29) is 35.0 Å². The van der Waals surface area contributed by atoms with Gasteiger partial charge in [-0.05, 0) is 0 Å². The third-order valence-electron chi connectivity index (χ3n) is 2.57. The molecule has 0 aliphatic carbocycles. The summed E-state index contributed by atoms with van der Waals surface area (Å²) in [5, 5.41) is 31.7. The Morgan fingerprint density at radius 1 is 0.567 bits per heavy atom. The van der Waals surface area contributed by atoms with Gasteiger partial charge in [-0.15, -0.1) is 0 Å². The fourth-order valence-electron chi connectivity index (χ4n) is 1.29. The first-order valence-corrected chi connectivity index (χ1v) is 9.95. The van der Waals surface area contributed by atoms with E-state index in [1.807, 2.05) is 0 Å². The Kier molecular flexibility index (Phi) is 20.5. The van der Waals surface area contributed by atoms with Crippen LogP contribution in [0.2, 0.25) is 0 Å². The molecule has 0 rings (SSSR count). The Bertz CT molecular complexity index is 524. The smallest absolute Gasteiger partial charge is 0.327 e. The second-order valence-electron chi connectivity index (χ2n) is 5.32. The van der Waals surface area contributed by atoms with Crippen LogP contribution in [-0.2, 0) is 28.8 Å². The van der Waals surface area contributed by atoms with Crippen LogP contribution in [0, 0.1) is 0 Å². The number of hydrogen-bond acceptors (Lipinski definition) is 9. The van der Waals surface area contributed by atoms with E-state index in [2.05, 4.69) is 53.8 Å². The Labute approximate surface area is 189 Å². The van der Waals surface area contributed by atoms with Crippen LogP contribution in [0.15, 0.2) is 0 Å². The van der Waals surface area contributed by atoms with Gasteiger partial charge < -0.3 is 31.3 Å². The van der Waals surface area contributed by atoms with Crippen molar-refractivity contribution < 1.29 is 44.1 Å². The molecule has 15 heteroatoms. The fraction of sp³-hybridized carbons (Fsp3) is 0.600. The molecule has 0 aromatic carbocycles. The first-order chi connectivity index (χ1) is 13.7. The Morgan fingerprint density at radius 2 is 0.733 bits per heavy atom. The van der Waals surface area contributed by atoms with Gasteiger partial charge in [-0.2, -0.15) is 37.9 Å². The van der Waals surface area contributed by atoms with E-state index < -0.39 is 36.0 Å². The minimum Gasteiger partial charge on any atom is -0.480 e. The molecule has 0 aromatic rings. The molecule has 0 bridgehead atoms. The van der Waals surface area contributed by atoms with Gasteiger partial charge in [-0.1, -0.05) is 0 Å². The zero-order chi connectivity index (χ0) is 24.4. The summed E-state index contributed by atoms with van der Waals surface area (Å²) in [6, 6.07) is -2.62. The van der Waals surface area contributed by atoms with Crippen molar-refractivity contribution in [2.24, 2.45) is 0 Å². The molecule has 0 spiro atoms. The molecule has 12 nitrogen and oxygen atoms in total. The average Bonchev–Trinajstić information content (AvgIpc) is 2.61. The predicted octanol–water partition coefficient (Wildman–Crippen LogP) is -1.48. The van der Waals surface area contributed by atoms with Crippen LogP contribution in [0.4, 0.5) is 0 Å². The summed E-state index contributed by atoms with van der Waals surface area (Å²) in [5.74, 6) is -3.95. The zero-order valence-corrected chi connectivity index (χ0v) is 19.2. The third kappa shape index (κ3) is 20.6. The van der Waals surface area contributed by atoms with Gasteiger partial charge in [0.2, 0.25) is 17.7 Å². The highest BCUT2D eigenvalue weighted by atomic mass is 32.1. The number of amides is 3. The molecule has 3 atom stereocenters. The van der Waals surface area contributed by atoms with E-state index in [0.29, 0.717) is 0 Å². The molecule has 174 valence electrons. The molecule has 0 radical (unpaired) electrons. The zero-order valence-electron chi connectivity index (χ0n) is 16.5. The minimum absolute atomic E-state index is 0.106. The van der Waals surface area contributed by atoms with E-state index >= 15 is 0 Å². The maximum absolute atomic E-state index is 10.3. The topological polar surface area (TPSA) is 199 Å². The summed E-state index contributed by atoms with van der Waals surface area (Å²) >= 11 is 11.2. The summed E-state index contributed by atoms with van der Waals surface area (Å²) in [6.07, 6.45) is 0. The van der Waals surface area contributed by atoms with Crippen molar-refractivity contribution in [3.05, 3.63) is 0 Å². The van der Waals surface area contributed by atoms with Crippen molar-refractivity contribution in [3.8, 4) is 0 Å². The Hall–Kier alpha value is -2.13. The molecule has 0 fully saturated rings. The van der Waals surface area contributed by atoms with E-state index in [0.717, 1.165) is 0 Å². The van der Waals surface area contributed by atoms with Crippen LogP contribution < -0.4 is 16.0 Å². The number of aliphatic carboxylic acids is 3. The van der Waals surface area contributed by atoms with E-state index in [4.69, 9.17) is 15.3 Å². The second kappa shape index (κ2) is 18.9. The van der Waals surface area contributed by atoms with Gasteiger partial charge in [0, 0.05) is 38.0 Å². The normalized spacial score (nSPS) is 12.2. The van der Waals surface area contributed by atoms with Crippen LogP contribution in [0.5, 0.6) is 0 Å². The lowest BCUT2D eigenvalue weighted by Gasteiger charge is -2.08. The first-order valence-electron chi connectivity index (χ1n) is 8.05. The van der Waals surface area contributed by atoms with Gasteiger partial charge in [0.05, 0.1) is 0 Å². The van der Waals surface area contributed by atoms with Crippen molar-refractivity contribution >= 4 is 73.5 Å². The van der Waals surface area contributed by atoms with E-state index in [1.165, 1.54) is 20.8 Å². The largest absolute Gasteiger partial charge is 0.480 e. The van der Waals surface area contributed by atoms with Crippen molar-refractivity contribution in [2.75, 3.05) is 17.3 Å². The summed E-state index contributed by atoms with van der Waals surface area (Å²) in [7, 11) is 0. The molecule has 30 heavy (non-hydrogen) atoms. The van der Waals surface area contributed by atoms with Crippen molar-refractivity contribution in [1.82, 2.24) is 16.0 Å². The van der Waals surface area contributed by atoms with Gasteiger partial charge >= 0.3 is 17.9 Å². The highest BCUT2D eigenvalue weighted by molar-refractivity contribution is 7.80. The Balaban J connectivity index is -0.000000364. The summed E-state index contributed by atoms with van der Waals surface area (Å²) in [5.41, 5.74) is 0. The number of nitrogens with one attached hydrogen (secondary N) is 3. The van der Waals surface area contributed by atoms with Crippen molar-refractivity contribution in [2.45, 2.75) is 38.9 Å². The van der Waals surface area contributed by atoms with E-state index in [9.17, 15) is 28.8 Å². The van der Waals surface area contributed by atoms with Crippen LogP contribution in [-0.4, -0.2) is 86.3 Å². The number of thiol groups is 3. The lowest BCUT2D eigenvalue weighted by molar-refractivity contribution is -0.141. The summed E-state index contributed by atoms with van der Waals surface area (Å²) in [6.45, 7) is 3.79. The molecular weight excluding hydrogens is 462 g/mol. The maximum Gasteiger partial charge on any atom is 0.327 e. The molecule has 3 amide bonds. The molecule has 0 saturated carbocycles. The van der Waals surface area contributed by atoms with Crippen molar-refractivity contribution in [3.63, 3.8) is 0 Å². The maximum atomic E-state index is 10.3. The van der Waals surface area contributed by atoms with Gasteiger partial charge in [-0.25, -0.2) is 14.4 Å². The van der Waals surface area contributed by atoms with Gasteiger partial charge in [0.25, 0.3) is 0 Å². The minimum atomic E-state index is -1.06. The number of carboxylic acids is 3. The first kappa shape index (κ1) is 32.5. The molecular formula is C15H27N3O9S3. The highest BCUT2D eigenvalue weighted by Gasteiger charge is 2.16. The molecule has 0 saturated heterocycles. The average molecular weight is 490 g/mol. The summed E-state index contributed by atoms with van der Waals surface area (Å²) < 4.78 is 0. The molecule has 0 aliphatic heterocycles. The standard InChI is InChI=1S/3C5H9NO3S/c3*1-3(7)6-4(2-10)5(8)9/h3*4,10H,2H2,1H3,(H,6,7)(H,8,9)/t3*4-/m000/s1. The molecule has 6 N–H and O–H groups in total. The predicted molar refractivity (Wildman–Crippen MR) is 117 cm³/mol. The summed E-state index contributed by atoms with van der Waals surface area (Å²) in [4.78, 5) is 61.5. The molecule has 0 unspecified atom stereocenters. The van der Waals surface area contributed by atoms with Gasteiger partial charge in [0.15, 0.2) is 0 Å². The fourth-order valence-corrected chi connectivity index (χ4v) is 2.03. The number of rotatable bonds is 9. The molecule has 0 aromatic heterocycles. The number of hydrogen-bond donors (Lipinski definition) is 9. The quantitative estimate of drug-likeness (QED) is 0.173. The van der Waals surface area contributed by atoms with Crippen LogP contribution >= 0.6 is 37.9 Å². The number of carbonyl (C=O) groups excluding carboxylic acids is 3. The number of carbonyl (C=O) groups is 6. The lowest BCUT2D eigenvalue weighted by Crippen LogP contribution is -2.40. The van der Waals surface area contributed by atoms with Gasteiger partial charge in [0.1, 0.15) is 18.1 Å². The van der Waals surface area contributed by atoms with Crippen LogP contribution in [0.3, 0.4) is 0 Å². The third-order valence-corrected chi connectivity index (χ3v) is 3.67. The Morgan fingerprint density at radius 3 is 0.767 bits per heavy atom. The monoisotopic (exact) mass is 489 g/mol. The van der Waals surface area contributed by atoms with Crippen LogP contribution in [0.1, 0.15) is 20.8 Å². The lowest BCUT2D eigenvalue weighted by atomic mass is 10.3. The second-order valence-corrected chi connectivity index (χ2v) is 6.42. The van der Waals surface area contributed by atoms with Crippen molar-refractivity contribution in [1.29, 1.82) is 0 Å². The molecule has 0 heterocycles.